The van der Waals surface area contributed by atoms with Crippen molar-refractivity contribution in [3.8, 4) is 0 Å². The van der Waals surface area contributed by atoms with E-state index in [1.54, 1.807) is 18.2 Å². The van der Waals surface area contributed by atoms with Crippen LogP contribution in [0.4, 0.5) is 0 Å². The third kappa shape index (κ3) is 2.54. The van der Waals surface area contributed by atoms with Crippen LogP contribution < -0.4 is 5.73 Å². The molecule has 1 saturated carbocycles. The van der Waals surface area contributed by atoms with Gasteiger partial charge in [-0.15, -0.1) is 0 Å². The molecule has 1 aromatic rings. The maximum atomic E-state index is 12.2. The first-order valence-electron chi connectivity index (χ1n) is 5.73. The lowest BCUT2D eigenvalue weighted by Crippen LogP contribution is -2.19. The molecule has 18 heavy (non-hydrogen) atoms. The fourth-order valence-corrected chi connectivity index (χ4v) is 3.83. The Morgan fingerprint density at radius 2 is 2.00 bits per heavy atom. The first kappa shape index (κ1) is 13.0. The van der Waals surface area contributed by atoms with E-state index in [0.717, 1.165) is 0 Å². The Balaban J connectivity index is 2.39. The van der Waals surface area contributed by atoms with Gasteiger partial charge >= 0.3 is 5.97 Å². The summed E-state index contributed by atoms with van der Waals surface area (Å²) in [4.78, 5) is 10.8. The Bertz CT molecular complexity index is 563. The van der Waals surface area contributed by atoms with Crippen LogP contribution in [-0.2, 0) is 14.6 Å². The molecule has 5 nitrogen and oxygen atoms in total. The fourth-order valence-electron chi connectivity index (χ4n) is 1.90. The summed E-state index contributed by atoms with van der Waals surface area (Å²) in [6, 6.07) is 5.59. The predicted molar refractivity (Wildman–Crippen MR) is 65.8 cm³/mol. The number of sulfone groups is 1. The van der Waals surface area contributed by atoms with Crippen LogP contribution in [0.1, 0.15) is 30.9 Å². The fraction of sp³-hybridized carbons (Fsp3) is 0.417. The van der Waals surface area contributed by atoms with Crippen LogP contribution in [0.25, 0.3) is 0 Å². The standard InChI is InChI=1S/C12H15NO4S/c13-10(7-12(14)15)9-3-1-2-4-11(9)18(16,17)8-5-6-8/h1-4,8,10H,5-7,13H2,(H,14,15). The molecule has 1 atom stereocenters. The maximum Gasteiger partial charge on any atom is 0.305 e. The Hall–Kier alpha value is -1.40. The van der Waals surface area contributed by atoms with E-state index >= 15 is 0 Å². The first-order chi connectivity index (χ1) is 8.43. The SMILES string of the molecule is NC(CC(=O)O)c1ccccc1S(=O)(=O)C1CC1. The number of benzene rings is 1. The van der Waals surface area contributed by atoms with E-state index in [4.69, 9.17) is 10.8 Å². The topological polar surface area (TPSA) is 97.5 Å². The monoisotopic (exact) mass is 269 g/mol. The summed E-state index contributed by atoms with van der Waals surface area (Å²) in [7, 11) is -3.35. The highest BCUT2D eigenvalue weighted by Crippen LogP contribution is 2.36. The average molecular weight is 269 g/mol. The van der Waals surface area contributed by atoms with Gasteiger partial charge in [-0.25, -0.2) is 8.42 Å². The van der Waals surface area contributed by atoms with Crippen LogP contribution in [-0.4, -0.2) is 24.7 Å². The van der Waals surface area contributed by atoms with Crippen molar-refractivity contribution in [1.82, 2.24) is 0 Å². The minimum Gasteiger partial charge on any atom is -0.481 e. The van der Waals surface area contributed by atoms with E-state index in [1.807, 2.05) is 0 Å². The van der Waals surface area contributed by atoms with Gasteiger partial charge in [0.2, 0.25) is 0 Å². The van der Waals surface area contributed by atoms with E-state index in [0.29, 0.717) is 18.4 Å². The molecule has 1 aliphatic carbocycles. The van der Waals surface area contributed by atoms with Crippen LogP contribution in [0.15, 0.2) is 29.2 Å². The smallest absolute Gasteiger partial charge is 0.305 e. The molecule has 2 rings (SSSR count). The zero-order valence-electron chi connectivity index (χ0n) is 9.74. The maximum absolute atomic E-state index is 12.2. The Labute approximate surface area is 106 Å². The van der Waals surface area contributed by atoms with Gasteiger partial charge in [-0.05, 0) is 24.5 Å². The van der Waals surface area contributed by atoms with Gasteiger partial charge < -0.3 is 10.8 Å². The summed E-state index contributed by atoms with van der Waals surface area (Å²) >= 11 is 0. The molecule has 1 unspecified atom stereocenters. The minimum atomic E-state index is -3.35. The van der Waals surface area contributed by atoms with Gasteiger partial charge in [-0.2, -0.15) is 0 Å². The summed E-state index contributed by atoms with van der Waals surface area (Å²) in [6.45, 7) is 0. The highest BCUT2D eigenvalue weighted by atomic mass is 32.2. The Morgan fingerprint density at radius 3 is 2.56 bits per heavy atom. The number of rotatable bonds is 5. The van der Waals surface area contributed by atoms with Crippen molar-refractivity contribution in [1.29, 1.82) is 0 Å². The van der Waals surface area contributed by atoms with E-state index < -0.39 is 21.8 Å². The number of carboxylic acids is 1. The van der Waals surface area contributed by atoms with Crippen molar-refractivity contribution < 1.29 is 18.3 Å². The summed E-state index contributed by atoms with van der Waals surface area (Å²) in [5.74, 6) is -1.04. The number of carboxylic acid groups (broad SMARTS) is 1. The normalized spacial score (nSPS) is 17.4. The molecule has 1 aliphatic rings. The number of hydrogen-bond donors (Lipinski definition) is 2. The van der Waals surface area contributed by atoms with Gasteiger partial charge in [0.25, 0.3) is 0 Å². The largest absolute Gasteiger partial charge is 0.481 e. The molecule has 0 aromatic heterocycles. The number of nitrogens with two attached hydrogens (primary N) is 1. The second-order valence-electron chi connectivity index (χ2n) is 4.49. The zero-order chi connectivity index (χ0) is 13.3. The van der Waals surface area contributed by atoms with Crippen LogP contribution >= 0.6 is 0 Å². The molecule has 0 bridgehead atoms. The molecule has 0 radical (unpaired) electrons. The quantitative estimate of drug-likeness (QED) is 0.834. The zero-order valence-corrected chi connectivity index (χ0v) is 10.6. The number of carbonyl (C=O) groups is 1. The molecule has 1 aromatic carbocycles. The lowest BCUT2D eigenvalue weighted by Gasteiger charge is -2.14. The first-order valence-corrected chi connectivity index (χ1v) is 7.27. The molecule has 3 N–H and O–H groups in total. The second kappa shape index (κ2) is 4.70. The summed E-state index contributed by atoms with van der Waals surface area (Å²) < 4.78 is 24.4. The highest BCUT2D eigenvalue weighted by Gasteiger charge is 2.38. The van der Waals surface area contributed by atoms with Gasteiger partial charge in [0, 0.05) is 6.04 Å². The molecule has 0 saturated heterocycles. The van der Waals surface area contributed by atoms with Gasteiger partial charge in [0.15, 0.2) is 9.84 Å². The molecular weight excluding hydrogens is 254 g/mol. The average Bonchev–Trinajstić information content (AvgIpc) is 3.12. The van der Waals surface area contributed by atoms with Gasteiger partial charge in [-0.3, -0.25) is 4.79 Å². The van der Waals surface area contributed by atoms with Crippen LogP contribution in [0.2, 0.25) is 0 Å². The van der Waals surface area contributed by atoms with E-state index in [1.165, 1.54) is 6.07 Å². The Morgan fingerprint density at radius 1 is 1.39 bits per heavy atom. The molecule has 0 heterocycles. The Kier molecular flexibility index (Phi) is 3.41. The predicted octanol–water partition coefficient (Wildman–Crippen LogP) is 1.10. The lowest BCUT2D eigenvalue weighted by molar-refractivity contribution is -0.137. The van der Waals surface area contributed by atoms with Gasteiger partial charge in [0.1, 0.15) is 0 Å². The molecule has 0 amide bonds. The molecular formula is C12H15NO4S. The van der Waals surface area contributed by atoms with Crippen LogP contribution in [0.3, 0.4) is 0 Å². The summed E-state index contributed by atoms with van der Waals surface area (Å²) in [6.07, 6.45) is 1.06. The number of hydrogen-bond acceptors (Lipinski definition) is 4. The van der Waals surface area contributed by atoms with E-state index in [2.05, 4.69) is 0 Å². The van der Waals surface area contributed by atoms with E-state index in [9.17, 15) is 13.2 Å². The molecule has 0 aliphatic heterocycles. The molecule has 98 valence electrons. The van der Waals surface area contributed by atoms with Crippen LogP contribution in [0, 0.1) is 0 Å². The van der Waals surface area contributed by atoms with Crippen molar-refractivity contribution in [2.24, 2.45) is 5.73 Å². The van der Waals surface area contributed by atoms with E-state index in [-0.39, 0.29) is 16.6 Å². The second-order valence-corrected chi connectivity index (χ2v) is 6.68. The van der Waals surface area contributed by atoms with Crippen molar-refractivity contribution in [3.05, 3.63) is 29.8 Å². The van der Waals surface area contributed by atoms with Crippen molar-refractivity contribution >= 4 is 15.8 Å². The minimum absolute atomic E-state index is 0.182. The molecule has 0 spiro atoms. The summed E-state index contributed by atoms with van der Waals surface area (Å²) in [5, 5.41) is 8.41. The molecule has 6 heteroatoms. The van der Waals surface area contributed by atoms with Crippen molar-refractivity contribution in [3.63, 3.8) is 0 Å². The van der Waals surface area contributed by atoms with Crippen molar-refractivity contribution in [2.75, 3.05) is 0 Å². The van der Waals surface area contributed by atoms with Crippen LogP contribution in [0.5, 0.6) is 0 Å². The van der Waals surface area contributed by atoms with Crippen molar-refractivity contribution in [2.45, 2.75) is 35.4 Å². The highest BCUT2D eigenvalue weighted by molar-refractivity contribution is 7.92. The lowest BCUT2D eigenvalue weighted by atomic mass is 10.1. The summed E-state index contributed by atoms with van der Waals surface area (Å²) in [5.41, 5.74) is 6.16. The molecule has 1 fully saturated rings. The third-order valence-electron chi connectivity index (χ3n) is 2.98. The number of aliphatic carboxylic acids is 1. The van der Waals surface area contributed by atoms with Gasteiger partial charge in [-0.1, -0.05) is 18.2 Å². The van der Waals surface area contributed by atoms with Gasteiger partial charge in [0.05, 0.1) is 16.6 Å². The third-order valence-corrected chi connectivity index (χ3v) is 5.32.